The van der Waals surface area contributed by atoms with Gasteiger partial charge < -0.3 is 17.2 Å². The maximum absolute atomic E-state index is 5.67. The molecule has 0 atom stereocenters. The van der Waals surface area contributed by atoms with Crippen LogP contribution in [0.3, 0.4) is 0 Å². The van der Waals surface area contributed by atoms with E-state index in [0.29, 0.717) is 0 Å². The van der Waals surface area contributed by atoms with Gasteiger partial charge in [-0.15, -0.1) is 0 Å². The molecular weight excluding hydrogens is 214 g/mol. The van der Waals surface area contributed by atoms with Gasteiger partial charge in [0.1, 0.15) is 0 Å². The summed E-state index contributed by atoms with van der Waals surface area (Å²) >= 11 is 0. The predicted octanol–water partition coefficient (Wildman–Crippen LogP) is -0.530. The Morgan fingerprint density at radius 3 is 2.00 bits per heavy atom. The number of nitrogens with two attached hydrogens (primary N) is 3. The minimum Gasteiger partial charge on any atom is -0.330 e. The van der Waals surface area contributed by atoms with Gasteiger partial charge in [-0.3, -0.25) is 0 Å². The van der Waals surface area contributed by atoms with Crippen molar-refractivity contribution >= 4 is 0 Å². The summed E-state index contributed by atoms with van der Waals surface area (Å²) in [5.41, 5.74) is 17.0. The largest absolute Gasteiger partial charge is 0.330 e. The second-order valence-corrected chi connectivity index (χ2v) is 5.00. The van der Waals surface area contributed by atoms with Gasteiger partial charge in [0.05, 0.1) is 26.2 Å². The lowest BCUT2D eigenvalue weighted by Crippen LogP contribution is -2.58. The zero-order valence-electron chi connectivity index (χ0n) is 11.1. The monoisotopic (exact) mass is 244 g/mol. The van der Waals surface area contributed by atoms with Crippen LogP contribution < -0.4 is 17.2 Å². The van der Waals surface area contributed by atoms with Crippen molar-refractivity contribution in [1.29, 1.82) is 0 Å². The van der Waals surface area contributed by atoms with Crippen LogP contribution in [0, 0.1) is 0 Å². The van der Waals surface area contributed by atoms with Crippen molar-refractivity contribution in [2.75, 3.05) is 52.4 Å². The molecule has 6 N–H and O–H groups in total. The lowest BCUT2D eigenvalue weighted by molar-refractivity contribution is -1.02. The van der Waals surface area contributed by atoms with Gasteiger partial charge in [0.25, 0.3) is 0 Å². The highest BCUT2D eigenvalue weighted by molar-refractivity contribution is 4.60. The molecule has 0 aliphatic carbocycles. The van der Waals surface area contributed by atoms with Crippen LogP contribution in [0.1, 0.15) is 25.7 Å². The highest BCUT2D eigenvalue weighted by atomic mass is 15.8. The molecule has 0 aromatic carbocycles. The molecule has 0 aromatic heterocycles. The van der Waals surface area contributed by atoms with Crippen LogP contribution >= 0.6 is 0 Å². The molecule has 0 radical (unpaired) electrons. The highest BCUT2D eigenvalue weighted by Crippen LogP contribution is 2.23. The normalized spacial score (nSPS) is 19.9. The lowest BCUT2D eigenvalue weighted by Gasteiger charge is -2.41. The summed E-state index contributed by atoms with van der Waals surface area (Å²) < 4.78 is 1.11. The van der Waals surface area contributed by atoms with E-state index in [1.54, 1.807) is 0 Å². The highest BCUT2D eigenvalue weighted by Gasteiger charge is 2.38. The Labute approximate surface area is 105 Å². The van der Waals surface area contributed by atoms with E-state index in [2.05, 4.69) is 5.01 Å². The molecule has 1 heterocycles. The van der Waals surface area contributed by atoms with E-state index in [1.807, 2.05) is 0 Å². The average Bonchev–Trinajstić information content (AvgIpc) is 2.75. The Kier molecular flexibility index (Phi) is 6.99. The number of quaternary nitrogens is 1. The Hall–Kier alpha value is -0.200. The fourth-order valence-electron chi connectivity index (χ4n) is 2.89. The molecule has 0 bridgehead atoms. The van der Waals surface area contributed by atoms with Crippen molar-refractivity contribution < 1.29 is 4.59 Å². The zero-order valence-corrected chi connectivity index (χ0v) is 11.1. The van der Waals surface area contributed by atoms with Crippen molar-refractivity contribution in [3.8, 4) is 0 Å². The van der Waals surface area contributed by atoms with Gasteiger partial charge in [-0.25, -0.2) is 4.59 Å². The first kappa shape index (κ1) is 14.9. The summed E-state index contributed by atoms with van der Waals surface area (Å²) in [4.78, 5) is 0. The van der Waals surface area contributed by atoms with E-state index in [1.165, 1.54) is 32.6 Å². The standard InChI is InChI=1S/C12H30N5/c13-5-1-8-16-9-4-12-17(16,10-2-6-14)11-3-7-15/h1-15H2/q+1. The molecule has 17 heavy (non-hydrogen) atoms. The van der Waals surface area contributed by atoms with Crippen LogP contribution in [0.2, 0.25) is 0 Å². The third kappa shape index (κ3) is 4.19. The minimum atomic E-state index is 0.782. The van der Waals surface area contributed by atoms with Crippen LogP contribution in [-0.2, 0) is 0 Å². The minimum absolute atomic E-state index is 0.782. The quantitative estimate of drug-likeness (QED) is 0.476. The molecule has 1 aliphatic rings. The smallest absolute Gasteiger partial charge is 0.0978 e. The Balaban J connectivity index is 2.57. The van der Waals surface area contributed by atoms with Crippen LogP contribution in [0.15, 0.2) is 0 Å². The molecular formula is C12H30N5+. The SMILES string of the molecule is NCCCN1CCC[N+]1(CCCN)CCCN. The van der Waals surface area contributed by atoms with E-state index < -0.39 is 0 Å². The molecule has 0 saturated carbocycles. The average molecular weight is 244 g/mol. The summed E-state index contributed by atoms with van der Waals surface area (Å²) in [6.07, 6.45) is 4.58. The molecule has 5 heteroatoms. The van der Waals surface area contributed by atoms with E-state index >= 15 is 0 Å². The lowest BCUT2D eigenvalue weighted by atomic mass is 10.3. The van der Waals surface area contributed by atoms with E-state index in [-0.39, 0.29) is 0 Å². The van der Waals surface area contributed by atoms with Gasteiger partial charge in [0.2, 0.25) is 0 Å². The maximum atomic E-state index is 5.67. The van der Waals surface area contributed by atoms with Gasteiger partial charge in [0.15, 0.2) is 0 Å². The van der Waals surface area contributed by atoms with Gasteiger partial charge in [-0.2, -0.15) is 5.01 Å². The van der Waals surface area contributed by atoms with E-state index in [4.69, 9.17) is 17.2 Å². The third-order valence-electron chi connectivity index (χ3n) is 3.77. The maximum Gasteiger partial charge on any atom is 0.0978 e. The van der Waals surface area contributed by atoms with Crippen molar-refractivity contribution in [2.45, 2.75) is 25.7 Å². The Morgan fingerprint density at radius 2 is 1.47 bits per heavy atom. The molecule has 0 amide bonds. The van der Waals surface area contributed by atoms with Crippen LogP contribution in [0.25, 0.3) is 0 Å². The molecule has 5 nitrogen and oxygen atoms in total. The molecule has 0 spiro atoms. The second kappa shape index (κ2) is 8.00. The van der Waals surface area contributed by atoms with Crippen LogP contribution in [0.5, 0.6) is 0 Å². The first-order valence-electron chi connectivity index (χ1n) is 7.01. The first-order valence-corrected chi connectivity index (χ1v) is 7.01. The van der Waals surface area contributed by atoms with Crippen LogP contribution in [-0.4, -0.2) is 62.0 Å². The number of rotatable bonds is 9. The molecule has 0 unspecified atom stereocenters. The van der Waals surface area contributed by atoms with Gasteiger partial charge in [-0.05, 0) is 26.1 Å². The fraction of sp³-hybridized carbons (Fsp3) is 1.00. The van der Waals surface area contributed by atoms with Gasteiger partial charge >= 0.3 is 0 Å². The summed E-state index contributed by atoms with van der Waals surface area (Å²) in [7, 11) is 0. The molecule has 102 valence electrons. The van der Waals surface area contributed by atoms with Gasteiger partial charge in [-0.1, -0.05) is 0 Å². The Morgan fingerprint density at radius 1 is 0.882 bits per heavy atom. The predicted molar refractivity (Wildman–Crippen MR) is 72.1 cm³/mol. The number of hydrogen-bond donors (Lipinski definition) is 3. The summed E-state index contributed by atoms with van der Waals surface area (Å²) in [5, 5.41) is 2.60. The third-order valence-corrected chi connectivity index (χ3v) is 3.77. The van der Waals surface area contributed by atoms with Gasteiger partial charge in [0, 0.05) is 25.8 Å². The molecule has 1 fully saturated rings. The Bertz CT molecular complexity index is 189. The second-order valence-electron chi connectivity index (χ2n) is 5.00. The molecule has 1 saturated heterocycles. The summed E-state index contributed by atoms with van der Waals surface area (Å²) in [6.45, 7) is 8.26. The van der Waals surface area contributed by atoms with Crippen molar-refractivity contribution in [2.24, 2.45) is 17.2 Å². The van der Waals surface area contributed by atoms with Crippen molar-refractivity contribution in [3.05, 3.63) is 0 Å². The molecule has 1 rings (SSSR count). The van der Waals surface area contributed by atoms with Crippen molar-refractivity contribution in [1.82, 2.24) is 5.01 Å². The molecule has 0 aromatic rings. The van der Waals surface area contributed by atoms with E-state index in [0.717, 1.165) is 50.0 Å². The number of hydrogen-bond acceptors (Lipinski definition) is 4. The summed E-state index contributed by atoms with van der Waals surface area (Å²) in [6, 6.07) is 0. The van der Waals surface area contributed by atoms with Crippen LogP contribution in [0.4, 0.5) is 0 Å². The van der Waals surface area contributed by atoms with E-state index in [9.17, 15) is 0 Å². The summed E-state index contributed by atoms with van der Waals surface area (Å²) in [5.74, 6) is 0. The molecule has 1 aliphatic heterocycles. The first-order chi connectivity index (χ1) is 8.29. The fourth-order valence-corrected chi connectivity index (χ4v) is 2.89. The number of nitrogens with zero attached hydrogens (tertiary/aromatic N) is 2. The topological polar surface area (TPSA) is 81.3 Å². The van der Waals surface area contributed by atoms with Crippen molar-refractivity contribution in [3.63, 3.8) is 0 Å². The zero-order chi connectivity index (χ0) is 12.6.